The van der Waals surface area contributed by atoms with E-state index in [1.165, 1.54) is 27.8 Å². The monoisotopic (exact) mass is 420 g/mol. The van der Waals surface area contributed by atoms with E-state index in [9.17, 15) is 0 Å². The molecule has 3 heteroatoms. The highest BCUT2D eigenvalue weighted by Gasteiger charge is 2.23. The second-order valence-corrected chi connectivity index (χ2v) is 6.68. The van der Waals surface area contributed by atoms with Crippen LogP contribution in [-0.4, -0.2) is 4.57 Å². The summed E-state index contributed by atoms with van der Waals surface area (Å²) in [5.41, 5.74) is 6.69. The summed E-state index contributed by atoms with van der Waals surface area (Å²) in [7, 11) is 2.12. The molecule has 0 radical (unpaired) electrons. The van der Waals surface area contributed by atoms with Crippen molar-refractivity contribution < 1.29 is 28.5 Å². The van der Waals surface area contributed by atoms with Crippen LogP contribution in [0.2, 0.25) is 0 Å². The van der Waals surface area contributed by atoms with E-state index in [1.807, 2.05) is 0 Å². The molecule has 3 rings (SSSR count). The minimum atomic E-state index is 0. The van der Waals surface area contributed by atoms with Crippen LogP contribution >= 0.6 is 0 Å². The van der Waals surface area contributed by atoms with E-state index in [-0.39, 0.29) is 24.0 Å². The number of nitrogens with zero attached hydrogens (tertiary/aromatic N) is 2. The SMILES string of the molecule is CC(C)c1cccc(C(C)C)c1-n1c[n+](C)c2ccccc21.[I-]. The van der Waals surface area contributed by atoms with Crippen molar-refractivity contribution in [1.29, 1.82) is 0 Å². The molecular formula is C20H25IN2. The van der Waals surface area contributed by atoms with E-state index >= 15 is 0 Å². The molecule has 2 aromatic carbocycles. The maximum Gasteiger partial charge on any atom is 0.249 e. The van der Waals surface area contributed by atoms with Crippen LogP contribution in [0.3, 0.4) is 0 Å². The topological polar surface area (TPSA) is 8.81 Å². The van der Waals surface area contributed by atoms with Gasteiger partial charge >= 0.3 is 0 Å². The second-order valence-electron chi connectivity index (χ2n) is 6.68. The Balaban J connectivity index is 0.00000192. The highest BCUT2D eigenvalue weighted by molar-refractivity contribution is 5.75. The Morgan fingerprint density at radius 1 is 0.826 bits per heavy atom. The normalized spacial score (nSPS) is 11.3. The maximum absolute atomic E-state index is 2.36. The van der Waals surface area contributed by atoms with Gasteiger partial charge in [-0.3, -0.25) is 0 Å². The van der Waals surface area contributed by atoms with Crippen LogP contribution in [0.4, 0.5) is 0 Å². The molecule has 0 unspecified atom stereocenters. The van der Waals surface area contributed by atoms with E-state index in [0.29, 0.717) is 11.8 Å². The Morgan fingerprint density at radius 2 is 1.39 bits per heavy atom. The molecule has 0 spiro atoms. The van der Waals surface area contributed by atoms with Crippen LogP contribution in [0.5, 0.6) is 0 Å². The third kappa shape index (κ3) is 3.16. The molecule has 2 nitrogen and oxygen atoms in total. The predicted molar refractivity (Wildman–Crippen MR) is 92.6 cm³/mol. The number of aryl methyl sites for hydroxylation is 1. The van der Waals surface area contributed by atoms with E-state index < -0.39 is 0 Å². The lowest BCUT2D eigenvalue weighted by molar-refractivity contribution is -0.645. The molecule has 23 heavy (non-hydrogen) atoms. The van der Waals surface area contributed by atoms with E-state index in [2.05, 4.69) is 92.7 Å². The molecule has 1 aromatic heterocycles. The van der Waals surface area contributed by atoms with Gasteiger partial charge in [-0.25, -0.2) is 4.57 Å². The van der Waals surface area contributed by atoms with Gasteiger partial charge in [-0.1, -0.05) is 58.0 Å². The van der Waals surface area contributed by atoms with Crippen LogP contribution < -0.4 is 28.5 Å². The summed E-state index contributed by atoms with van der Waals surface area (Å²) in [5.74, 6) is 1.00. The summed E-state index contributed by atoms with van der Waals surface area (Å²) < 4.78 is 4.57. The van der Waals surface area contributed by atoms with Gasteiger partial charge < -0.3 is 24.0 Å². The lowest BCUT2D eigenvalue weighted by atomic mass is 9.92. The minimum Gasteiger partial charge on any atom is -1.00 e. The van der Waals surface area contributed by atoms with Gasteiger partial charge in [0.25, 0.3) is 0 Å². The lowest BCUT2D eigenvalue weighted by Crippen LogP contribution is -3.00. The number of hydrogen-bond acceptors (Lipinski definition) is 0. The maximum atomic E-state index is 2.36. The molecule has 0 aliphatic carbocycles. The van der Waals surface area contributed by atoms with E-state index in [1.54, 1.807) is 0 Å². The molecule has 0 saturated carbocycles. The highest BCUT2D eigenvalue weighted by Crippen LogP contribution is 2.32. The summed E-state index contributed by atoms with van der Waals surface area (Å²) >= 11 is 0. The molecule has 0 aliphatic heterocycles. The van der Waals surface area contributed by atoms with Crippen molar-refractivity contribution in [3.63, 3.8) is 0 Å². The van der Waals surface area contributed by atoms with Gasteiger partial charge in [0.2, 0.25) is 6.33 Å². The molecule has 0 amide bonds. The standard InChI is InChI=1S/C20H25N2.HI/c1-14(2)16-9-8-10-17(15(3)4)20(16)22-13-21(5)18-11-6-7-12-19(18)22;/h6-15H,1-5H3;1H/q+1;/p-1. The molecular weight excluding hydrogens is 395 g/mol. The van der Waals surface area contributed by atoms with Crippen molar-refractivity contribution in [2.45, 2.75) is 39.5 Å². The quantitative estimate of drug-likeness (QED) is 0.451. The van der Waals surface area contributed by atoms with Gasteiger partial charge in [-0.2, -0.15) is 4.57 Å². The van der Waals surface area contributed by atoms with Crippen LogP contribution in [0.25, 0.3) is 16.7 Å². The predicted octanol–water partition coefficient (Wildman–Crippen LogP) is 1.71. The second kappa shape index (κ2) is 7.04. The largest absolute Gasteiger partial charge is 1.00 e. The van der Waals surface area contributed by atoms with Gasteiger partial charge in [-0.05, 0) is 24.0 Å². The fourth-order valence-electron chi connectivity index (χ4n) is 3.23. The van der Waals surface area contributed by atoms with Gasteiger partial charge in [0, 0.05) is 11.1 Å². The average Bonchev–Trinajstić information content (AvgIpc) is 2.84. The van der Waals surface area contributed by atoms with Crippen molar-refractivity contribution in [3.8, 4) is 5.69 Å². The first-order valence-corrected chi connectivity index (χ1v) is 8.09. The highest BCUT2D eigenvalue weighted by atomic mass is 127. The molecule has 0 atom stereocenters. The Bertz CT molecular complexity index is 789. The van der Waals surface area contributed by atoms with E-state index in [0.717, 1.165) is 0 Å². The van der Waals surface area contributed by atoms with Gasteiger partial charge in [0.05, 0.1) is 7.05 Å². The molecule has 3 aromatic rings. The first-order chi connectivity index (χ1) is 10.5. The fraction of sp³-hybridized carbons (Fsp3) is 0.350. The summed E-state index contributed by atoms with van der Waals surface area (Å²) in [6.07, 6.45) is 2.21. The Kier molecular flexibility index (Phi) is 5.50. The van der Waals surface area contributed by atoms with Crippen LogP contribution in [0, 0.1) is 0 Å². The van der Waals surface area contributed by atoms with Crippen LogP contribution in [0.1, 0.15) is 50.7 Å². The van der Waals surface area contributed by atoms with E-state index in [4.69, 9.17) is 0 Å². The number of hydrogen-bond donors (Lipinski definition) is 0. The van der Waals surface area contributed by atoms with Gasteiger partial charge in [0.15, 0.2) is 11.0 Å². The number of halogens is 1. The zero-order chi connectivity index (χ0) is 15.9. The summed E-state index contributed by atoms with van der Waals surface area (Å²) in [4.78, 5) is 0. The molecule has 0 bridgehead atoms. The van der Waals surface area contributed by atoms with Gasteiger partial charge in [-0.15, -0.1) is 0 Å². The molecule has 0 saturated heterocycles. The average molecular weight is 420 g/mol. The third-order valence-electron chi connectivity index (χ3n) is 4.39. The summed E-state index contributed by atoms with van der Waals surface area (Å²) in [6, 6.07) is 15.3. The molecule has 1 heterocycles. The van der Waals surface area contributed by atoms with Crippen LogP contribution in [-0.2, 0) is 7.05 Å². The third-order valence-corrected chi connectivity index (χ3v) is 4.39. The fourth-order valence-corrected chi connectivity index (χ4v) is 3.23. The number of para-hydroxylation sites is 3. The summed E-state index contributed by atoms with van der Waals surface area (Å²) in [5, 5.41) is 0. The van der Waals surface area contributed by atoms with Crippen molar-refractivity contribution in [3.05, 3.63) is 59.9 Å². The lowest BCUT2D eigenvalue weighted by Gasteiger charge is -2.16. The zero-order valence-corrected chi connectivity index (χ0v) is 16.7. The Labute approximate surface area is 156 Å². The van der Waals surface area contributed by atoms with Crippen molar-refractivity contribution >= 4 is 11.0 Å². The first kappa shape index (κ1) is 18.0. The van der Waals surface area contributed by atoms with Crippen molar-refractivity contribution in [1.82, 2.24) is 4.57 Å². The molecule has 0 aliphatic rings. The number of imidazole rings is 1. The Hall–Kier alpha value is -1.36. The van der Waals surface area contributed by atoms with Gasteiger partial charge in [0.1, 0.15) is 5.69 Å². The molecule has 0 N–H and O–H groups in total. The minimum absolute atomic E-state index is 0. The molecule has 122 valence electrons. The number of benzene rings is 2. The summed E-state index contributed by atoms with van der Waals surface area (Å²) in [6.45, 7) is 9.09. The van der Waals surface area contributed by atoms with Crippen molar-refractivity contribution in [2.75, 3.05) is 0 Å². The smallest absolute Gasteiger partial charge is 0.249 e. The molecule has 0 fully saturated rings. The van der Waals surface area contributed by atoms with Crippen LogP contribution in [0.15, 0.2) is 48.8 Å². The Morgan fingerprint density at radius 3 is 1.96 bits per heavy atom. The van der Waals surface area contributed by atoms with Crippen molar-refractivity contribution in [2.24, 2.45) is 7.05 Å². The number of aromatic nitrogens is 2. The first-order valence-electron chi connectivity index (χ1n) is 8.09. The zero-order valence-electron chi connectivity index (χ0n) is 14.5. The number of rotatable bonds is 3. The number of fused-ring (bicyclic) bond motifs is 1.